The normalized spacial score (nSPS) is 12.5. The molecule has 0 radical (unpaired) electrons. The molecule has 0 aromatic heterocycles. The van der Waals surface area contributed by atoms with Gasteiger partial charge in [0, 0.05) is 38.8 Å². The van der Waals surface area contributed by atoms with Gasteiger partial charge in [-0.15, -0.1) is 0 Å². The lowest BCUT2D eigenvalue weighted by molar-refractivity contribution is 0.0523. The third kappa shape index (κ3) is 11.2. The Labute approximate surface area is 329 Å². The number of carbonyl (C=O) groups excluding carboxylic acids is 1. The minimum Gasteiger partial charge on any atom is -0.493 e. The van der Waals surface area contributed by atoms with Crippen LogP contribution >= 0.6 is 0 Å². The zero-order valence-electron chi connectivity index (χ0n) is 34.2. The number of ether oxygens (including phenoxy) is 5. The summed E-state index contributed by atoms with van der Waals surface area (Å²) in [5.74, 6) is 3.55. The van der Waals surface area contributed by atoms with Crippen LogP contribution in [0.4, 0.5) is 4.79 Å². The van der Waals surface area contributed by atoms with Crippen LogP contribution in [-0.2, 0) is 43.5 Å². The number of hydrogen-bond donors (Lipinski definition) is 2. The first-order valence-electron chi connectivity index (χ1n) is 20.3. The second-order valence-electron chi connectivity index (χ2n) is 15.5. The van der Waals surface area contributed by atoms with Gasteiger partial charge in [0.15, 0.2) is 0 Å². The maximum absolute atomic E-state index is 12.8. The Morgan fingerprint density at radius 1 is 0.564 bits per heavy atom. The standard InChI is InChI=1S/C47H62N2O6/c1-8-18-51-42-34-14-12-16-36(42)28-40-24-33(31-49-46(50)55-47(5,6)7)25-41(45(40)54-21-11-4)29-37-17-13-15-35(43(37)52-19-9-2)27-39-23-32(30-48)22-38(26-34)44(39)53-20-10-3/h12-17,22-25H,8-11,18-21,26-31,48H2,1-7H3,(H,49,50). The van der Waals surface area contributed by atoms with E-state index in [0.717, 1.165) is 104 Å². The summed E-state index contributed by atoms with van der Waals surface area (Å²) in [6.45, 7) is 17.2. The fourth-order valence-electron chi connectivity index (χ4n) is 7.10. The van der Waals surface area contributed by atoms with E-state index >= 15 is 0 Å². The van der Waals surface area contributed by atoms with Crippen LogP contribution in [0, 0.1) is 0 Å². The molecule has 1 aliphatic rings. The number of nitrogens with one attached hydrogen (secondary N) is 1. The van der Waals surface area contributed by atoms with Crippen molar-refractivity contribution < 1.29 is 28.5 Å². The highest BCUT2D eigenvalue weighted by atomic mass is 16.6. The number of nitrogens with two attached hydrogens (primary N) is 1. The molecular weight excluding hydrogens is 689 g/mol. The summed E-state index contributed by atoms with van der Waals surface area (Å²) >= 11 is 0. The first kappa shape index (κ1) is 41.5. The summed E-state index contributed by atoms with van der Waals surface area (Å²) in [5.41, 5.74) is 16.4. The van der Waals surface area contributed by atoms with Crippen molar-refractivity contribution in [1.29, 1.82) is 0 Å². The van der Waals surface area contributed by atoms with Crippen molar-refractivity contribution in [2.45, 2.75) is 119 Å². The van der Waals surface area contributed by atoms with Crippen molar-refractivity contribution in [1.82, 2.24) is 5.32 Å². The number of carbonyl (C=O) groups is 1. The average molecular weight is 751 g/mol. The summed E-state index contributed by atoms with van der Waals surface area (Å²) in [5, 5.41) is 2.99. The van der Waals surface area contributed by atoms with Gasteiger partial charge in [-0.2, -0.15) is 0 Å². The molecule has 0 fully saturated rings. The molecule has 4 aromatic carbocycles. The van der Waals surface area contributed by atoms with Crippen molar-refractivity contribution in [3.8, 4) is 23.0 Å². The quantitative estimate of drug-likeness (QED) is 0.110. The van der Waals surface area contributed by atoms with Gasteiger partial charge in [0.25, 0.3) is 0 Å². The molecule has 3 N–H and O–H groups in total. The lowest BCUT2D eigenvalue weighted by atomic mass is 9.89. The molecule has 0 aliphatic heterocycles. The zero-order chi connectivity index (χ0) is 39.4. The summed E-state index contributed by atoms with van der Waals surface area (Å²) in [7, 11) is 0. The van der Waals surface area contributed by atoms with Gasteiger partial charge in [-0.1, -0.05) is 76.2 Å². The minimum atomic E-state index is -0.601. The molecule has 0 spiro atoms. The van der Waals surface area contributed by atoms with Gasteiger partial charge in [0.1, 0.15) is 28.6 Å². The van der Waals surface area contributed by atoms with E-state index in [1.165, 1.54) is 0 Å². The second kappa shape index (κ2) is 19.8. The molecule has 0 heterocycles. The van der Waals surface area contributed by atoms with Gasteiger partial charge >= 0.3 is 6.09 Å². The van der Waals surface area contributed by atoms with Gasteiger partial charge < -0.3 is 34.7 Å². The molecule has 4 aromatic rings. The van der Waals surface area contributed by atoms with Crippen LogP contribution in [0.25, 0.3) is 0 Å². The Bertz CT molecular complexity index is 1790. The van der Waals surface area contributed by atoms with Gasteiger partial charge in [-0.3, -0.25) is 0 Å². The van der Waals surface area contributed by atoms with Crippen molar-refractivity contribution in [3.05, 3.63) is 116 Å². The van der Waals surface area contributed by atoms with Crippen LogP contribution in [0.1, 0.15) is 130 Å². The summed E-state index contributed by atoms with van der Waals surface area (Å²) in [6, 6.07) is 21.6. The molecule has 0 saturated heterocycles. The van der Waals surface area contributed by atoms with Crippen LogP contribution in [-0.4, -0.2) is 38.1 Å². The van der Waals surface area contributed by atoms with Crippen molar-refractivity contribution in [2.75, 3.05) is 26.4 Å². The highest BCUT2D eigenvalue weighted by Gasteiger charge is 2.24. The third-order valence-electron chi connectivity index (χ3n) is 9.36. The van der Waals surface area contributed by atoms with E-state index in [2.05, 4.69) is 93.7 Å². The van der Waals surface area contributed by atoms with Crippen LogP contribution in [0.5, 0.6) is 23.0 Å². The van der Waals surface area contributed by atoms with Crippen LogP contribution in [0.2, 0.25) is 0 Å². The average Bonchev–Trinajstić information content (AvgIpc) is 3.15. The van der Waals surface area contributed by atoms with E-state index in [1.54, 1.807) is 0 Å². The zero-order valence-corrected chi connectivity index (χ0v) is 34.2. The lowest BCUT2D eigenvalue weighted by Crippen LogP contribution is -2.32. The minimum absolute atomic E-state index is 0.306. The topological polar surface area (TPSA) is 101 Å². The largest absolute Gasteiger partial charge is 0.493 e. The molecule has 8 nitrogen and oxygen atoms in total. The predicted octanol–water partition coefficient (Wildman–Crippen LogP) is 10.0. The van der Waals surface area contributed by atoms with Gasteiger partial charge in [-0.25, -0.2) is 4.79 Å². The number of rotatable bonds is 15. The van der Waals surface area contributed by atoms with Crippen LogP contribution in [0.15, 0.2) is 60.7 Å². The van der Waals surface area contributed by atoms with Gasteiger partial charge in [0.2, 0.25) is 0 Å². The number of fused-ring (bicyclic) bond motifs is 8. The maximum Gasteiger partial charge on any atom is 0.407 e. The Morgan fingerprint density at radius 3 is 1.20 bits per heavy atom. The molecular formula is C47H62N2O6. The van der Waals surface area contributed by atoms with E-state index in [9.17, 15) is 4.79 Å². The fourth-order valence-corrected chi connectivity index (χ4v) is 7.10. The molecule has 5 rings (SSSR count). The monoisotopic (exact) mass is 750 g/mol. The van der Waals surface area contributed by atoms with Crippen molar-refractivity contribution in [3.63, 3.8) is 0 Å². The molecule has 0 atom stereocenters. The summed E-state index contributed by atoms with van der Waals surface area (Å²) in [6.07, 6.45) is 5.47. The van der Waals surface area contributed by atoms with E-state index < -0.39 is 11.7 Å². The second-order valence-corrected chi connectivity index (χ2v) is 15.5. The predicted molar refractivity (Wildman–Crippen MR) is 221 cm³/mol. The fraction of sp³-hybridized carbons (Fsp3) is 0.468. The summed E-state index contributed by atoms with van der Waals surface area (Å²) in [4.78, 5) is 12.8. The first-order valence-corrected chi connectivity index (χ1v) is 20.3. The molecule has 8 bridgehead atoms. The molecule has 1 aliphatic carbocycles. The Kier molecular flexibility index (Phi) is 14.9. The van der Waals surface area contributed by atoms with E-state index in [-0.39, 0.29) is 0 Å². The van der Waals surface area contributed by atoms with Crippen molar-refractivity contribution >= 4 is 6.09 Å². The van der Waals surface area contributed by atoms with Gasteiger partial charge in [0.05, 0.1) is 26.4 Å². The van der Waals surface area contributed by atoms with E-state index in [4.69, 9.17) is 29.4 Å². The molecule has 296 valence electrons. The number of para-hydroxylation sites is 2. The Hall–Kier alpha value is -4.69. The lowest BCUT2D eigenvalue weighted by Gasteiger charge is -2.24. The Morgan fingerprint density at radius 2 is 0.891 bits per heavy atom. The highest BCUT2D eigenvalue weighted by Crippen LogP contribution is 2.40. The molecule has 8 heteroatoms. The SMILES string of the molecule is CCCOc1c2cccc1Cc1cc(CNC(=O)OC(C)(C)C)cc(c1OCCC)Cc1cccc(c1OCCC)Cc1cc(CN)cc(c1OCCC)C2. The Balaban J connectivity index is 1.78. The maximum atomic E-state index is 12.8. The number of hydrogen-bond acceptors (Lipinski definition) is 7. The van der Waals surface area contributed by atoms with Crippen LogP contribution < -0.4 is 30.0 Å². The first-order chi connectivity index (χ1) is 26.6. The van der Waals surface area contributed by atoms with Gasteiger partial charge in [-0.05, 0) is 114 Å². The van der Waals surface area contributed by atoms with Crippen molar-refractivity contribution in [2.24, 2.45) is 5.73 Å². The van der Waals surface area contributed by atoms with E-state index in [0.29, 0.717) is 65.2 Å². The molecule has 1 amide bonds. The molecule has 0 saturated carbocycles. The number of benzene rings is 4. The summed E-state index contributed by atoms with van der Waals surface area (Å²) < 4.78 is 32.2. The third-order valence-corrected chi connectivity index (χ3v) is 9.36. The smallest absolute Gasteiger partial charge is 0.407 e. The van der Waals surface area contributed by atoms with E-state index in [1.807, 2.05) is 20.8 Å². The number of alkyl carbamates (subject to hydrolysis) is 1. The molecule has 0 unspecified atom stereocenters. The molecule has 55 heavy (non-hydrogen) atoms. The number of amides is 1. The van der Waals surface area contributed by atoms with Crippen LogP contribution in [0.3, 0.4) is 0 Å². The highest BCUT2D eigenvalue weighted by molar-refractivity contribution is 5.68.